The van der Waals surface area contributed by atoms with Gasteiger partial charge in [0.25, 0.3) is 0 Å². The maximum absolute atomic E-state index is 5.82. The normalized spacial score (nSPS) is 14.0. The Morgan fingerprint density at radius 2 is 1.80 bits per heavy atom. The highest BCUT2D eigenvalue weighted by molar-refractivity contribution is 6.18. The molecule has 0 N–H and O–H groups in total. The molecule has 0 saturated heterocycles. The lowest BCUT2D eigenvalue weighted by molar-refractivity contribution is 0.874. The summed E-state index contributed by atoms with van der Waals surface area (Å²) in [7, 11) is 0. The van der Waals surface area contributed by atoms with Crippen molar-refractivity contribution in [1.82, 2.24) is 0 Å². The largest absolute Gasteiger partial charge is 0.369 e. The SMILES string of the molecule is ClCCN(CCCl)c1ccc(C=NC2=CC=CC2)cc1. The van der Waals surface area contributed by atoms with Gasteiger partial charge in [-0.1, -0.05) is 24.3 Å². The van der Waals surface area contributed by atoms with Crippen molar-refractivity contribution in [2.24, 2.45) is 4.99 Å². The van der Waals surface area contributed by atoms with E-state index in [9.17, 15) is 0 Å². The quantitative estimate of drug-likeness (QED) is 0.543. The summed E-state index contributed by atoms with van der Waals surface area (Å²) < 4.78 is 0. The molecule has 0 amide bonds. The second-order valence-electron chi connectivity index (χ2n) is 4.51. The number of halogens is 2. The molecule has 0 unspecified atom stereocenters. The van der Waals surface area contributed by atoms with Crippen molar-refractivity contribution in [1.29, 1.82) is 0 Å². The van der Waals surface area contributed by atoms with Gasteiger partial charge in [0, 0.05) is 48.9 Å². The first-order valence-electron chi connectivity index (χ1n) is 6.70. The highest BCUT2D eigenvalue weighted by Gasteiger charge is 2.04. The zero-order valence-electron chi connectivity index (χ0n) is 11.3. The van der Waals surface area contributed by atoms with E-state index >= 15 is 0 Å². The fourth-order valence-corrected chi connectivity index (χ4v) is 2.44. The van der Waals surface area contributed by atoms with Crippen LogP contribution in [0.15, 0.2) is 53.2 Å². The van der Waals surface area contributed by atoms with E-state index < -0.39 is 0 Å². The van der Waals surface area contributed by atoms with Crippen molar-refractivity contribution >= 4 is 35.1 Å². The molecule has 1 aromatic rings. The fraction of sp³-hybridized carbons (Fsp3) is 0.312. The first-order valence-corrected chi connectivity index (χ1v) is 7.77. The van der Waals surface area contributed by atoms with E-state index in [0.717, 1.165) is 36.5 Å². The van der Waals surface area contributed by atoms with Crippen molar-refractivity contribution < 1.29 is 0 Å². The molecule has 0 heterocycles. The van der Waals surface area contributed by atoms with Gasteiger partial charge in [-0.25, -0.2) is 0 Å². The van der Waals surface area contributed by atoms with Gasteiger partial charge in [0.2, 0.25) is 0 Å². The zero-order chi connectivity index (χ0) is 14.2. The fourth-order valence-electron chi connectivity index (χ4n) is 2.03. The van der Waals surface area contributed by atoms with Gasteiger partial charge in [-0.2, -0.15) is 0 Å². The van der Waals surface area contributed by atoms with Crippen LogP contribution in [0.4, 0.5) is 5.69 Å². The highest BCUT2D eigenvalue weighted by atomic mass is 35.5. The molecule has 0 aromatic heterocycles. The van der Waals surface area contributed by atoms with Crippen molar-refractivity contribution in [3.63, 3.8) is 0 Å². The average Bonchev–Trinajstić information content (AvgIpc) is 2.99. The molecule has 0 radical (unpaired) electrons. The van der Waals surface area contributed by atoms with Gasteiger partial charge >= 0.3 is 0 Å². The summed E-state index contributed by atoms with van der Waals surface area (Å²) in [5, 5.41) is 0. The summed E-state index contributed by atoms with van der Waals surface area (Å²) in [6, 6.07) is 8.30. The van der Waals surface area contributed by atoms with Crippen LogP contribution in [0, 0.1) is 0 Å². The number of anilines is 1. The Bertz CT molecular complexity index is 498. The summed E-state index contributed by atoms with van der Waals surface area (Å²) >= 11 is 11.6. The Morgan fingerprint density at radius 1 is 1.10 bits per heavy atom. The summed E-state index contributed by atoms with van der Waals surface area (Å²) in [5.41, 5.74) is 3.34. The van der Waals surface area contributed by atoms with Crippen LogP contribution in [0.25, 0.3) is 0 Å². The van der Waals surface area contributed by atoms with Crippen molar-refractivity contribution in [3.05, 3.63) is 53.8 Å². The van der Waals surface area contributed by atoms with E-state index in [2.05, 4.69) is 40.2 Å². The molecule has 1 aromatic carbocycles. The average molecular weight is 309 g/mol. The maximum Gasteiger partial charge on any atom is 0.0441 e. The molecule has 0 saturated carbocycles. The van der Waals surface area contributed by atoms with E-state index in [1.165, 1.54) is 0 Å². The van der Waals surface area contributed by atoms with Gasteiger partial charge in [0.1, 0.15) is 0 Å². The van der Waals surface area contributed by atoms with Crippen molar-refractivity contribution in [2.75, 3.05) is 29.7 Å². The lowest BCUT2D eigenvalue weighted by Gasteiger charge is -2.22. The predicted octanol–water partition coefficient (Wildman–Crippen LogP) is 4.23. The molecule has 0 aliphatic heterocycles. The van der Waals surface area contributed by atoms with Crippen LogP contribution in [0.3, 0.4) is 0 Å². The van der Waals surface area contributed by atoms with Crippen molar-refractivity contribution in [2.45, 2.75) is 6.42 Å². The molecule has 2 rings (SSSR count). The Kier molecular flexibility index (Phi) is 6.16. The van der Waals surface area contributed by atoms with Crippen LogP contribution in [0.2, 0.25) is 0 Å². The monoisotopic (exact) mass is 308 g/mol. The summed E-state index contributed by atoms with van der Waals surface area (Å²) in [6.45, 7) is 1.61. The minimum absolute atomic E-state index is 0.598. The first kappa shape index (κ1) is 15.1. The van der Waals surface area contributed by atoms with Crippen LogP contribution < -0.4 is 4.90 Å². The molecule has 4 heteroatoms. The smallest absolute Gasteiger partial charge is 0.0441 e. The third-order valence-corrected chi connectivity index (χ3v) is 3.44. The summed E-state index contributed by atoms with van der Waals surface area (Å²) in [6.07, 6.45) is 9.00. The van der Waals surface area contributed by atoms with E-state index in [4.69, 9.17) is 23.2 Å². The Morgan fingerprint density at radius 3 is 2.35 bits per heavy atom. The van der Waals surface area contributed by atoms with Gasteiger partial charge < -0.3 is 4.90 Å². The zero-order valence-corrected chi connectivity index (χ0v) is 12.8. The van der Waals surface area contributed by atoms with Gasteiger partial charge in [0.15, 0.2) is 0 Å². The number of aliphatic imine (C=N–C) groups is 1. The van der Waals surface area contributed by atoms with Gasteiger partial charge in [-0.05, 0) is 23.8 Å². The third-order valence-electron chi connectivity index (χ3n) is 3.10. The second kappa shape index (κ2) is 8.13. The highest BCUT2D eigenvalue weighted by Crippen LogP contribution is 2.16. The number of nitrogens with zero attached hydrogens (tertiary/aromatic N) is 2. The molecule has 0 atom stereocenters. The van der Waals surface area contributed by atoms with Crippen molar-refractivity contribution in [3.8, 4) is 0 Å². The summed E-state index contributed by atoms with van der Waals surface area (Å²) in [4.78, 5) is 6.64. The van der Waals surface area contributed by atoms with Crippen LogP contribution in [-0.2, 0) is 0 Å². The number of allylic oxidation sites excluding steroid dienone is 3. The molecule has 0 bridgehead atoms. The molecule has 20 heavy (non-hydrogen) atoms. The molecule has 1 aliphatic carbocycles. The molecular formula is C16H18Cl2N2. The molecule has 1 aliphatic rings. The van der Waals surface area contributed by atoms with Gasteiger partial charge in [-0.15, -0.1) is 23.2 Å². The van der Waals surface area contributed by atoms with E-state index in [-0.39, 0.29) is 0 Å². The summed E-state index contributed by atoms with van der Waals surface area (Å²) in [5.74, 6) is 1.20. The van der Waals surface area contributed by atoms with E-state index in [0.29, 0.717) is 11.8 Å². The minimum Gasteiger partial charge on any atom is -0.369 e. The number of hydrogen-bond donors (Lipinski definition) is 0. The lowest BCUT2D eigenvalue weighted by atomic mass is 10.2. The number of rotatable bonds is 7. The van der Waals surface area contributed by atoms with Gasteiger partial charge in [-0.3, -0.25) is 4.99 Å². The van der Waals surface area contributed by atoms with Gasteiger partial charge in [0.05, 0.1) is 0 Å². The second-order valence-corrected chi connectivity index (χ2v) is 5.26. The third kappa shape index (κ3) is 4.39. The Hall–Kier alpha value is -1.25. The minimum atomic E-state index is 0.598. The standard InChI is InChI=1S/C16H18Cl2N2/c17-9-11-20(12-10-18)16-7-5-14(6-8-16)13-19-15-3-1-2-4-15/h1-3,5-8,13H,4,9-12H2. The lowest BCUT2D eigenvalue weighted by Crippen LogP contribution is -2.27. The number of hydrogen-bond acceptors (Lipinski definition) is 2. The first-order chi connectivity index (χ1) is 9.83. The number of benzene rings is 1. The molecule has 0 spiro atoms. The van der Waals surface area contributed by atoms with Crippen LogP contribution in [0.1, 0.15) is 12.0 Å². The molecule has 0 fully saturated rings. The van der Waals surface area contributed by atoms with E-state index in [1.54, 1.807) is 0 Å². The molecule has 106 valence electrons. The predicted molar refractivity (Wildman–Crippen MR) is 89.5 cm³/mol. The number of alkyl halides is 2. The Labute approximate surface area is 130 Å². The topological polar surface area (TPSA) is 15.6 Å². The molecule has 2 nitrogen and oxygen atoms in total. The van der Waals surface area contributed by atoms with Crippen LogP contribution in [0.5, 0.6) is 0 Å². The maximum atomic E-state index is 5.82. The van der Waals surface area contributed by atoms with Crippen LogP contribution in [-0.4, -0.2) is 31.1 Å². The van der Waals surface area contributed by atoms with Crippen LogP contribution >= 0.6 is 23.2 Å². The Balaban J connectivity index is 2.01. The molecular weight excluding hydrogens is 291 g/mol. The van der Waals surface area contributed by atoms with E-state index in [1.807, 2.05) is 18.4 Å².